The number of benzene rings is 1. The zero-order valence-corrected chi connectivity index (χ0v) is 15.5. The third kappa shape index (κ3) is 4.03. The Bertz CT molecular complexity index is 634. The highest BCUT2D eigenvalue weighted by Crippen LogP contribution is 2.38. The molecular formula is C20H29N3O3. The number of carbonyl (C=O) groups is 1. The molecule has 0 unspecified atom stereocenters. The minimum absolute atomic E-state index is 0.0693. The topological polar surface area (TPSA) is 54.0 Å². The van der Waals surface area contributed by atoms with Crippen LogP contribution < -0.4 is 10.1 Å². The van der Waals surface area contributed by atoms with Gasteiger partial charge in [0.1, 0.15) is 5.75 Å². The smallest absolute Gasteiger partial charge is 0.234 e. The molecule has 1 aliphatic carbocycles. The first-order valence-electron chi connectivity index (χ1n) is 9.69. The Balaban J connectivity index is 1.26. The van der Waals surface area contributed by atoms with Gasteiger partial charge in [-0.05, 0) is 24.8 Å². The summed E-state index contributed by atoms with van der Waals surface area (Å²) in [5.41, 5.74) is 1.00. The molecule has 0 radical (unpaired) electrons. The van der Waals surface area contributed by atoms with E-state index in [0.717, 1.165) is 50.1 Å². The van der Waals surface area contributed by atoms with E-state index in [2.05, 4.69) is 15.1 Å². The predicted molar refractivity (Wildman–Crippen MR) is 99.1 cm³/mol. The van der Waals surface area contributed by atoms with E-state index in [0.29, 0.717) is 25.2 Å². The summed E-state index contributed by atoms with van der Waals surface area (Å²) in [4.78, 5) is 17.3. The molecule has 1 saturated carbocycles. The summed E-state index contributed by atoms with van der Waals surface area (Å²) >= 11 is 0. The molecule has 4 rings (SSSR count). The van der Waals surface area contributed by atoms with Crippen molar-refractivity contribution in [2.45, 2.75) is 31.5 Å². The van der Waals surface area contributed by atoms with Crippen LogP contribution in [0.4, 0.5) is 0 Å². The van der Waals surface area contributed by atoms with E-state index in [1.165, 1.54) is 12.8 Å². The van der Waals surface area contributed by atoms with Gasteiger partial charge in [-0.2, -0.15) is 0 Å². The number of amides is 1. The number of ether oxygens (including phenoxy) is 2. The van der Waals surface area contributed by atoms with Crippen LogP contribution in [0.5, 0.6) is 5.75 Å². The summed E-state index contributed by atoms with van der Waals surface area (Å²) in [6, 6.07) is 8.84. The molecular weight excluding hydrogens is 330 g/mol. The molecule has 6 nitrogen and oxygen atoms in total. The van der Waals surface area contributed by atoms with Crippen LogP contribution in [0.15, 0.2) is 24.3 Å². The summed E-state index contributed by atoms with van der Waals surface area (Å²) in [7, 11) is 1.65. The SMILES string of the molecule is COc1ccccc1CNC(=O)CN1CCN2[C@@H](COC[C@@H]2C2CC2)C1. The van der Waals surface area contributed by atoms with Crippen LogP contribution in [0.3, 0.4) is 0 Å². The molecule has 0 aromatic heterocycles. The Kier molecular flexibility index (Phi) is 5.43. The Morgan fingerprint density at radius 1 is 1.27 bits per heavy atom. The fourth-order valence-electron chi connectivity index (χ4n) is 4.27. The van der Waals surface area contributed by atoms with Crippen LogP contribution in [0.25, 0.3) is 0 Å². The molecule has 3 aliphatic rings. The number of fused-ring (bicyclic) bond motifs is 1. The lowest BCUT2D eigenvalue weighted by atomic mass is 10.0. The van der Waals surface area contributed by atoms with Crippen LogP contribution in [0.1, 0.15) is 18.4 Å². The summed E-state index contributed by atoms with van der Waals surface area (Å²) in [6.07, 6.45) is 2.71. The second-order valence-corrected chi connectivity index (χ2v) is 7.66. The highest BCUT2D eigenvalue weighted by Gasteiger charge is 2.42. The molecule has 2 aliphatic heterocycles. The molecule has 142 valence electrons. The average molecular weight is 359 g/mol. The zero-order chi connectivity index (χ0) is 17.9. The van der Waals surface area contributed by atoms with Crippen LogP contribution >= 0.6 is 0 Å². The monoisotopic (exact) mass is 359 g/mol. The van der Waals surface area contributed by atoms with Gasteiger partial charge in [-0.25, -0.2) is 0 Å². The Labute approximate surface area is 155 Å². The van der Waals surface area contributed by atoms with E-state index in [4.69, 9.17) is 9.47 Å². The highest BCUT2D eigenvalue weighted by atomic mass is 16.5. The summed E-state index contributed by atoms with van der Waals surface area (Å²) in [5.74, 6) is 1.72. The molecule has 3 fully saturated rings. The minimum atomic E-state index is 0.0693. The maximum absolute atomic E-state index is 12.4. The van der Waals surface area contributed by atoms with E-state index < -0.39 is 0 Å². The normalized spacial score (nSPS) is 27.0. The second kappa shape index (κ2) is 7.94. The summed E-state index contributed by atoms with van der Waals surface area (Å²) in [6.45, 7) is 5.57. The van der Waals surface area contributed by atoms with Crippen molar-refractivity contribution in [3.05, 3.63) is 29.8 Å². The number of piperazine rings is 1. The Morgan fingerprint density at radius 2 is 2.12 bits per heavy atom. The lowest BCUT2D eigenvalue weighted by Crippen LogP contribution is -2.63. The van der Waals surface area contributed by atoms with Crippen molar-refractivity contribution in [2.24, 2.45) is 5.92 Å². The van der Waals surface area contributed by atoms with Crippen molar-refractivity contribution in [2.75, 3.05) is 46.5 Å². The van der Waals surface area contributed by atoms with Crippen molar-refractivity contribution in [3.63, 3.8) is 0 Å². The molecule has 0 bridgehead atoms. The van der Waals surface area contributed by atoms with Gasteiger partial charge >= 0.3 is 0 Å². The number of methoxy groups -OCH3 is 1. The quantitative estimate of drug-likeness (QED) is 0.825. The summed E-state index contributed by atoms with van der Waals surface area (Å²) in [5, 5.41) is 3.02. The second-order valence-electron chi connectivity index (χ2n) is 7.66. The maximum Gasteiger partial charge on any atom is 0.234 e. The van der Waals surface area contributed by atoms with Crippen molar-refractivity contribution in [3.8, 4) is 5.75 Å². The lowest BCUT2D eigenvalue weighted by molar-refractivity contribution is -0.125. The third-order valence-electron chi connectivity index (χ3n) is 5.84. The van der Waals surface area contributed by atoms with Gasteiger partial charge < -0.3 is 14.8 Å². The molecule has 1 aromatic carbocycles. The number of rotatable bonds is 6. The zero-order valence-electron chi connectivity index (χ0n) is 15.5. The minimum Gasteiger partial charge on any atom is -0.496 e. The lowest BCUT2D eigenvalue weighted by Gasteiger charge is -2.48. The fraction of sp³-hybridized carbons (Fsp3) is 0.650. The van der Waals surface area contributed by atoms with Gasteiger partial charge in [-0.1, -0.05) is 18.2 Å². The van der Waals surface area contributed by atoms with E-state index >= 15 is 0 Å². The van der Waals surface area contributed by atoms with Crippen molar-refractivity contribution < 1.29 is 14.3 Å². The number of carbonyl (C=O) groups excluding carboxylic acids is 1. The fourth-order valence-corrected chi connectivity index (χ4v) is 4.27. The molecule has 6 heteroatoms. The van der Waals surface area contributed by atoms with Crippen LogP contribution in [-0.2, 0) is 16.1 Å². The highest BCUT2D eigenvalue weighted by molar-refractivity contribution is 5.78. The van der Waals surface area contributed by atoms with Crippen LogP contribution in [0.2, 0.25) is 0 Å². The number of hydrogen-bond donors (Lipinski definition) is 1. The van der Waals surface area contributed by atoms with E-state index in [1.54, 1.807) is 7.11 Å². The largest absolute Gasteiger partial charge is 0.496 e. The molecule has 26 heavy (non-hydrogen) atoms. The van der Waals surface area contributed by atoms with Gasteiger partial charge in [0.25, 0.3) is 0 Å². The van der Waals surface area contributed by atoms with Crippen molar-refractivity contribution in [1.82, 2.24) is 15.1 Å². The number of morpholine rings is 1. The molecule has 2 saturated heterocycles. The third-order valence-corrected chi connectivity index (χ3v) is 5.84. The van der Waals surface area contributed by atoms with Gasteiger partial charge in [0, 0.05) is 43.8 Å². The number of para-hydroxylation sites is 1. The standard InChI is InChI=1S/C20H29N3O3/c1-25-19-5-3-2-4-16(19)10-21-20(24)12-22-8-9-23-17(11-22)13-26-14-18(23)15-6-7-15/h2-5,15,17-18H,6-14H2,1H3,(H,21,24)/t17-,18-/m1/s1. The van der Waals surface area contributed by atoms with Gasteiger partial charge in [-0.3, -0.25) is 14.6 Å². The van der Waals surface area contributed by atoms with Gasteiger partial charge in [0.15, 0.2) is 0 Å². The Morgan fingerprint density at radius 3 is 2.92 bits per heavy atom. The van der Waals surface area contributed by atoms with Crippen molar-refractivity contribution >= 4 is 5.91 Å². The molecule has 0 spiro atoms. The van der Waals surface area contributed by atoms with Gasteiger partial charge in [-0.15, -0.1) is 0 Å². The van der Waals surface area contributed by atoms with E-state index in [1.807, 2.05) is 24.3 Å². The van der Waals surface area contributed by atoms with E-state index in [9.17, 15) is 4.79 Å². The molecule has 2 atom stereocenters. The summed E-state index contributed by atoms with van der Waals surface area (Å²) < 4.78 is 11.2. The first-order chi connectivity index (χ1) is 12.7. The molecule has 1 amide bonds. The number of nitrogens with one attached hydrogen (secondary N) is 1. The first kappa shape index (κ1) is 17.8. The average Bonchev–Trinajstić information content (AvgIpc) is 3.51. The molecule has 1 aromatic rings. The van der Waals surface area contributed by atoms with Crippen LogP contribution in [-0.4, -0.2) is 74.3 Å². The van der Waals surface area contributed by atoms with E-state index in [-0.39, 0.29) is 5.91 Å². The van der Waals surface area contributed by atoms with Gasteiger partial charge in [0.2, 0.25) is 5.91 Å². The van der Waals surface area contributed by atoms with Gasteiger partial charge in [0.05, 0.1) is 26.9 Å². The molecule has 1 N–H and O–H groups in total. The number of hydrogen-bond acceptors (Lipinski definition) is 5. The van der Waals surface area contributed by atoms with Crippen molar-refractivity contribution in [1.29, 1.82) is 0 Å². The molecule has 2 heterocycles. The first-order valence-corrected chi connectivity index (χ1v) is 9.69. The predicted octanol–water partition coefficient (Wildman–Crippen LogP) is 1.11. The number of nitrogens with zero attached hydrogens (tertiary/aromatic N) is 2. The van der Waals surface area contributed by atoms with Crippen LogP contribution in [0, 0.1) is 5.92 Å². The Hall–Kier alpha value is -1.63. The maximum atomic E-state index is 12.4.